The molecule has 3 N–H and O–H groups in total. The van der Waals surface area contributed by atoms with Gasteiger partial charge in [0.2, 0.25) is 10.0 Å². The Labute approximate surface area is 138 Å². The molecule has 0 heterocycles. The zero-order valence-electron chi connectivity index (χ0n) is 12.0. The van der Waals surface area contributed by atoms with E-state index in [1.165, 1.54) is 12.1 Å². The molecule has 2 rings (SSSR count). The van der Waals surface area contributed by atoms with Crippen LogP contribution in [-0.2, 0) is 10.0 Å². The van der Waals surface area contributed by atoms with Crippen LogP contribution in [0.25, 0.3) is 0 Å². The van der Waals surface area contributed by atoms with Crippen LogP contribution in [-0.4, -0.2) is 27.4 Å². The summed E-state index contributed by atoms with van der Waals surface area (Å²) in [4.78, 5) is -0.267. The van der Waals surface area contributed by atoms with Gasteiger partial charge >= 0.3 is 6.36 Å². The first kappa shape index (κ1) is 20.0. The summed E-state index contributed by atoms with van der Waals surface area (Å²) >= 11 is 0. The topological polar surface area (TPSA) is 81.4 Å². The molecule has 132 valence electrons. The number of hydrogen-bond acceptors (Lipinski definition) is 4. The largest absolute Gasteiger partial charge is 0.573 e. The van der Waals surface area contributed by atoms with Crippen molar-refractivity contribution >= 4 is 22.4 Å². The van der Waals surface area contributed by atoms with Crippen molar-refractivity contribution < 1.29 is 26.3 Å². The molecule has 1 aliphatic carbocycles. The van der Waals surface area contributed by atoms with Crippen LogP contribution in [0.2, 0.25) is 0 Å². The lowest BCUT2D eigenvalue weighted by Gasteiger charge is -2.19. The number of nitrogens with two attached hydrogens (primary N) is 1. The van der Waals surface area contributed by atoms with Crippen molar-refractivity contribution in [1.29, 1.82) is 0 Å². The summed E-state index contributed by atoms with van der Waals surface area (Å²) in [6, 6.07) is 4.03. The molecule has 0 aliphatic heterocycles. The highest BCUT2D eigenvalue weighted by Crippen LogP contribution is 2.28. The van der Waals surface area contributed by atoms with Crippen molar-refractivity contribution in [2.24, 2.45) is 11.7 Å². The number of alkyl halides is 3. The second-order valence-corrected chi connectivity index (χ2v) is 6.89. The van der Waals surface area contributed by atoms with Crippen LogP contribution in [0.4, 0.5) is 13.2 Å². The monoisotopic (exact) mass is 374 g/mol. The fraction of sp³-hybridized carbons (Fsp3) is 0.538. The van der Waals surface area contributed by atoms with Gasteiger partial charge in [0.1, 0.15) is 5.75 Å². The molecule has 0 aromatic heterocycles. The predicted octanol–water partition coefficient (Wildman–Crippen LogP) is 2.41. The van der Waals surface area contributed by atoms with Crippen molar-refractivity contribution in [3.05, 3.63) is 24.3 Å². The number of benzene rings is 1. The smallest absolute Gasteiger partial charge is 0.406 e. The van der Waals surface area contributed by atoms with Crippen molar-refractivity contribution in [3.63, 3.8) is 0 Å². The molecule has 0 radical (unpaired) electrons. The fourth-order valence-electron chi connectivity index (χ4n) is 2.58. The highest BCUT2D eigenvalue weighted by molar-refractivity contribution is 7.89. The van der Waals surface area contributed by atoms with E-state index in [-0.39, 0.29) is 29.3 Å². The van der Waals surface area contributed by atoms with Gasteiger partial charge in [0, 0.05) is 12.1 Å². The molecule has 2 unspecified atom stereocenters. The third-order valence-corrected chi connectivity index (χ3v) is 5.11. The SMILES string of the molecule is Cl.NCC1CCCC1NS(=O)(=O)c1cccc(OC(F)(F)F)c1. The van der Waals surface area contributed by atoms with Crippen molar-refractivity contribution in [2.45, 2.75) is 36.6 Å². The Balaban J connectivity index is 0.00000264. The minimum Gasteiger partial charge on any atom is -0.406 e. The van der Waals surface area contributed by atoms with Crippen LogP contribution >= 0.6 is 12.4 Å². The van der Waals surface area contributed by atoms with E-state index in [9.17, 15) is 21.6 Å². The van der Waals surface area contributed by atoms with Crippen LogP contribution in [0.1, 0.15) is 19.3 Å². The van der Waals surface area contributed by atoms with E-state index in [2.05, 4.69) is 9.46 Å². The summed E-state index contributed by atoms with van der Waals surface area (Å²) in [5, 5.41) is 0. The lowest BCUT2D eigenvalue weighted by atomic mass is 10.1. The zero-order chi connectivity index (χ0) is 16.4. The van der Waals surface area contributed by atoms with Crippen molar-refractivity contribution in [1.82, 2.24) is 4.72 Å². The minimum atomic E-state index is -4.87. The fourth-order valence-corrected chi connectivity index (χ4v) is 3.95. The van der Waals surface area contributed by atoms with E-state index in [0.717, 1.165) is 25.0 Å². The van der Waals surface area contributed by atoms with Gasteiger partial charge in [0.15, 0.2) is 0 Å². The van der Waals surface area contributed by atoms with Crippen molar-refractivity contribution in [3.8, 4) is 5.75 Å². The Bertz CT molecular complexity index is 625. The van der Waals surface area contributed by atoms with Gasteiger partial charge in [-0.05, 0) is 37.4 Å². The number of sulfonamides is 1. The van der Waals surface area contributed by atoms with Gasteiger partial charge in [-0.3, -0.25) is 0 Å². The first-order valence-corrected chi connectivity index (χ1v) is 8.28. The lowest BCUT2D eigenvalue weighted by molar-refractivity contribution is -0.274. The van der Waals surface area contributed by atoms with Crippen LogP contribution in [0, 0.1) is 5.92 Å². The Morgan fingerprint density at radius 2 is 2.00 bits per heavy atom. The number of hydrogen-bond donors (Lipinski definition) is 2. The van der Waals surface area contributed by atoms with Crippen molar-refractivity contribution in [2.75, 3.05) is 6.54 Å². The summed E-state index contributed by atoms with van der Waals surface area (Å²) in [5.74, 6) is -0.526. The second-order valence-electron chi connectivity index (χ2n) is 5.18. The highest BCUT2D eigenvalue weighted by Gasteiger charge is 2.33. The number of rotatable bonds is 5. The van der Waals surface area contributed by atoms with Crippen LogP contribution in [0.5, 0.6) is 5.75 Å². The first-order valence-electron chi connectivity index (χ1n) is 6.79. The summed E-state index contributed by atoms with van der Waals surface area (Å²) in [6.45, 7) is 0.365. The Kier molecular flexibility index (Phi) is 6.70. The molecule has 1 aromatic carbocycles. The zero-order valence-corrected chi connectivity index (χ0v) is 13.7. The molecule has 0 amide bonds. The molecule has 10 heteroatoms. The average molecular weight is 375 g/mol. The summed E-state index contributed by atoms with van der Waals surface area (Å²) < 4.78 is 67.4. The summed E-state index contributed by atoms with van der Waals surface area (Å²) in [5.41, 5.74) is 5.60. The molecule has 0 spiro atoms. The molecule has 5 nitrogen and oxygen atoms in total. The van der Waals surface area contributed by atoms with E-state index in [4.69, 9.17) is 5.73 Å². The van der Waals surface area contributed by atoms with E-state index < -0.39 is 22.1 Å². The van der Waals surface area contributed by atoms with Gasteiger partial charge in [-0.15, -0.1) is 25.6 Å². The third kappa shape index (κ3) is 5.52. The van der Waals surface area contributed by atoms with E-state index in [1.54, 1.807) is 0 Å². The van der Waals surface area contributed by atoms with Gasteiger partial charge in [-0.1, -0.05) is 12.5 Å². The molecule has 1 saturated carbocycles. The second kappa shape index (κ2) is 7.69. The maximum Gasteiger partial charge on any atom is 0.573 e. The summed E-state index contributed by atoms with van der Waals surface area (Å²) in [6.07, 6.45) is -2.50. The Hall–Kier alpha value is -1.03. The quantitative estimate of drug-likeness (QED) is 0.829. The standard InChI is InChI=1S/C13H17F3N2O3S.ClH/c14-13(15,16)21-10-4-2-5-11(7-10)22(19,20)18-12-6-1-3-9(12)8-17;/h2,4-5,7,9,12,18H,1,3,6,8,17H2;1H. The number of nitrogens with one attached hydrogen (secondary N) is 1. The molecule has 0 saturated heterocycles. The van der Waals surface area contributed by atoms with Gasteiger partial charge in [0.05, 0.1) is 4.90 Å². The number of halogens is 4. The molecule has 1 fully saturated rings. The van der Waals surface area contributed by atoms with Gasteiger partial charge in [-0.25, -0.2) is 13.1 Å². The average Bonchev–Trinajstić information content (AvgIpc) is 2.83. The maximum atomic E-state index is 12.3. The van der Waals surface area contributed by atoms with Gasteiger partial charge in [-0.2, -0.15) is 0 Å². The molecule has 2 atom stereocenters. The molecule has 23 heavy (non-hydrogen) atoms. The van der Waals surface area contributed by atoms with E-state index in [0.29, 0.717) is 13.0 Å². The number of ether oxygens (including phenoxy) is 1. The van der Waals surface area contributed by atoms with Gasteiger partial charge < -0.3 is 10.5 Å². The molecule has 0 bridgehead atoms. The van der Waals surface area contributed by atoms with E-state index >= 15 is 0 Å². The molecular weight excluding hydrogens is 357 g/mol. The van der Waals surface area contributed by atoms with Crippen LogP contribution in [0.15, 0.2) is 29.2 Å². The third-order valence-electron chi connectivity index (χ3n) is 3.62. The molecule has 1 aliphatic rings. The van der Waals surface area contributed by atoms with Crippen LogP contribution < -0.4 is 15.2 Å². The Morgan fingerprint density at radius 3 is 2.61 bits per heavy atom. The Morgan fingerprint density at radius 1 is 1.30 bits per heavy atom. The molecule has 1 aromatic rings. The first-order chi connectivity index (χ1) is 10.2. The molecular formula is C13H18ClF3N2O3S. The van der Waals surface area contributed by atoms with Crippen LogP contribution in [0.3, 0.4) is 0 Å². The minimum absolute atomic E-state index is 0. The summed E-state index contributed by atoms with van der Waals surface area (Å²) in [7, 11) is -3.92. The maximum absolute atomic E-state index is 12.3. The lowest BCUT2D eigenvalue weighted by Crippen LogP contribution is -2.39. The predicted molar refractivity (Wildman–Crippen MR) is 80.9 cm³/mol. The normalized spacial score (nSPS) is 21.7. The highest BCUT2D eigenvalue weighted by atomic mass is 35.5. The van der Waals surface area contributed by atoms with Gasteiger partial charge in [0.25, 0.3) is 0 Å². The van der Waals surface area contributed by atoms with E-state index in [1.807, 2.05) is 0 Å².